The lowest BCUT2D eigenvalue weighted by Gasteiger charge is -2.30. The third kappa shape index (κ3) is 4.09. The summed E-state index contributed by atoms with van der Waals surface area (Å²) in [4.78, 5) is 30.6. The first kappa shape index (κ1) is 23.1. The molecule has 0 fully saturated rings. The van der Waals surface area contributed by atoms with Crippen LogP contribution in [0.2, 0.25) is 0 Å². The average Bonchev–Trinajstić information content (AvgIpc) is 3.23. The van der Waals surface area contributed by atoms with E-state index < -0.39 is 11.0 Å². The van der Waals surface area contributed by atoms with Crippen molar-refractivity contribution in [1.29, 1.82) is 0 Å². The number of benzene rings is 3. The fourth-order valence-corrected chi connectivity index (χ4v) is 6.11. The summed E-state index contributed by atoms with van der Waals surface area (Å²) >= 11 is 1.34. The number of allylic oxidation sites excluding steroid dienone is 1. The van der Waals surface area contributed by atoms with Crippen molar-refractivity contribution in [3.63, 3.8) is 0 Å². The summed E-state index contributed by atoms with van der Waals surface area (Å²) in [7, 11) is 0. The van der Waals surface area contributed by atoms with Gasteiger partial charge in [-0.1, -0.05) is 59.9 Å². The highest BCUT2D eigenvalue weighted by molar-refractivity contribution is 7.07. The second-order valence-corrected chi connectivity index (χ2v) is 9.98. The number of aromatic nitrogens is 1. The molecule has 37 heavy (non-hydrogen) atoms. The van der Waals surface area contributed by atoms with Crippen LogP contribution < -0.4 is 19.6 Å². The van der Waals surface area contributed by atoms with E-state index in [0.29, 0.717) is 21.5 Å². The first-order valence-corrected chi connectivity index (χ1v) is 13.0. The predicted octanol–water partition coefficient (Wildman–Crippen LogP) is 4.63. The van der Waals surface area contributed by atoms with Gasteiger partial charge in [0.1, 0.15) is 5.75 Å². The van der Waals surface area contributed by atoms with E-state index >= 15 is 0 Å². The second kappa shape index (κ2) is 9.29. The first-order chi connectivity index (χ1) is 18.0. The van der Waals surface area contributed by atoms with Gasteiger partial charge in [-0.05, 0) is 60.2 Å². The molecule has 6 rings (SSSR count). The summed E-state index contributed by atoms with van der Waals surface area (Å²) in [5.41, 5.74) is 5.61. The fraction of sp³-hybridized carbons (Fsp3) is 0.172. The molecule has 1 aliphatic carbocycles. The summed E-state index contributed by atoms with van der Waals surface area (Å²) < 4.78 is 7.79. The van der Waals surface area contributed by atoms with Gasteiger partial charge in [0.2, 0.25) is 0 Å². The van der Waals surface area contributed by atoms with Crippen LogP contribution in [0.1, 0.15) is 41.6 Å². The van der Waals surface area contributed by atoms with Crippen LogP contribution in [-0.4, -0.2) is 16.1 Å². The van der Waals surface area contributed by atoms with Crippen LogP contribution in [-0.2, 0) is 6.42 Å². The first-order valence-electron chi connectivity index (χ1n) is 12.1. The molecule has 1 aromatic heterocycles. The van der Waals surface area contributed by atoms with E-state index in [1.807, 2.05) is 55.5 Å². The summed E-state index contributed by atoms with van der Waals surface area (Å²) in [6, 6.07) is 21.9. The van der Waals surface area contributed by atoms with Crippen LogP contribution in [0.15, 0.2) is 88.2 Å². The van der Waals surface area contributed by atoms with Gasteiger partial charge in [-0.3, -0.25) is 19.5 Å². The topological polar surface area (TPSA) is 86.7 Å². The van der Waals surface area contributed by atoms with Gasteiger partial charge in [-0.2, -0.15) is 0 Å². The van der Waals surface area contributed by atoms with E-state index in [1.54, 1.807) is 16.7 Å². The van der Waals surface area contributed by atoms with Crippen molar-refractivity contribution < 1.29 is 9.66 Å². The van der Waals surface area contributed by atoms with Gasteiger partial charge < -0.3 is 4.74 Å². The van der Waals surface area contributed by atoms with E-state index in [-0.39, 0.29) is 11.2 Å². The van der Waals surface area contributed by atoms with Crippen LogP contribution in [0, 0.1) is 10.1 Å². The maximum Gasteiger partial charge on any atom is 0.271 e. The van der Waals surface area contributed by atoms with Gasteiger partial charge >= 0.3 is 0 Å². The van der Waals surface area contributed by atoms with Gasteiger partial charge in [0, 0.05) is 17.7 Å². The zero-order valence-electron chi connectivity index (χ0n) is 20.1. The number of hydrogen-bond donors (Lipinski definition) is 0. The lowest BCUT2D eigenvalue weighted by Crippen LogP contribution is -2.38. The Hall–Kier alpha value is -4.30. The molecule has 0 amide bonds. The second-order valence-electron chi connectivity index (χ2n) is 8.97. The Balaban J connectivity index is 1.57. The molecule has 0 spiro atoms. The van der Waals surface area contributed by atoms with E-state index in [0.717, 1.165) is 41.0 Å². The monoisotopic (exact) mass is 509 g/mol. The van der Waals surface area contributed by atoms with Crippen LogP contribution in [0.25, 0.3) is 11.8 Å². The molecule has 8 heteroatoms. The molecule has 0 saturated carbocycles. The molecule has 1 aliphatic heterocycles. The molecule has 7 nitrogen and oxygen atoms in total. The van der Waals surface area contributed by atoms with Crippen LogP contribution in [0.3, 0.4) is 0 Å². The minimum Gasteiger partial charge on any atom is -0.494 e. The summed E-state index contributed by atoms with van der Waals surface area (Å²) in [6.45, 7) is 2.52. The minimum atomic E-state index is -0.456. The number of aryl methyl sites for hydroxylation is 1. The number of nitrogens with zero attached hydrogens (tertiary/aromatic N) is 3. The molecule has 0 bridgehead atoms. The lowest BCUT2D eigenvalue weighted by molar-refractivity contribution is -0.384. The largest absolute Gasteiger partial charge is 0.494 e. The number of nitro benzene ring substituents is 1. The Bertz CT molecular complexity index is 1750. The number of non-ortho nitro benzene ring substituents is 1. The molecular weight excluding hydrogens is 486 g/mol. The molecule has 3 aromatic carbocycles. The van der Waals surface area contributed by atoms with Crippen molar-refractivity contribution in [1.82, 2.24) is 4.57 Å². The van der Waals surface area contributed by atoms with Gasteiger partial charge in [-0.25, -0.2) is 4.99 Å². The maximum atomic E-state index is 13.8. The Kier molecular flexibility index (Phi) is 5.81. The lowest BCUT2D eigenvalue weighted by atomic mass is 9.83. The molecule has 1 atom stereocenters. The third-order valence-electron chi connectivity index (χ3n) is 6.76. The van der Waals surface area contributed by atoms with Crippen molar-refractivity contribution >= 4 is 28.8 Å². The third-order valence-corrected chi connectivity index (χ3v) is 7.74. The summed E-state index contributed by atoms with van der Waals surface area (Å²) in [5, 5.41) is 11.6. The zero-order chi connectivity index (χ0) is 25.5. The molecule has 184 valence electrons. The normalized spacial score (nSPS) is 16.5. The highest BCUT2D eigenvalue weighted by Crippen LogP contribution is 2.41. The molecular formula is C29H23N3O4S. The van der Waals surface area contributed by atoms with Crippen molar-refractivity contribution in [3.05, 3.63) is 130 Å². The van der Waals surface area contributed by atoms with Crippen LogP contribution in [0.4, 0.5) is 5.69 Å². The molecule has 0 unspecified atom stereocenters. The maximum absolute atomic E-state index is 13.8. The minimum absolute atomic E-state index is 0.00405. The Morgan fingerprint density at radius 2 is 1.92 bits per heavy atom. The van der Waals surface area contributed by atoms with Gasteiger partial charge in [0.25, 0.3) is 11.2 Å². The number of fused-ring (bicyclic) bond motifs is 3. The molecule has 4 aromatic rings. The Morgan fingerprint density at radius 1 is 1.11 bits per heavy atom. The van der Waals surface area contributed by atoms with Crippen molar-refractivity contribution in [2.45, 2.75) is 25.8 Å². The van der Waals surface area contributed by atoms with Gasteiger partial charge in [-0.15, -0.1) is 0 Å². The number of nitro groups is 1. The predicted molar refractivity (Wildman–Crippen MR) is 143 cm³/mol. The average molecular weight is 510 g/mol. The van der Waals surface area contributed by atoms with Gasteiger partial charge in [0.05, 0.1) is 27.8 Å². The molecule has 0 N–H and O–H groups in total. The van der Waals surface area contributed by atoms with Crippen LogP contribution >= 0.6 is 11.3 Å². The number of thiazole rings is 1. The van der Waals surface area contributed by atoms with E-state index in [2.05, 4.69) is 12.1 Å². The van der Waals surface area contributed by atoms with Crippen molar-refractivity contribution in [3.8, 4) is 5.75 Å². The number of rotatable bonds is 5. The van der Waals surface area contributed by atoms with E-state index in [1.165, 1.54) is 23.0 Å². The van der Waals surface area contributed by atoms with Crippen molar-refractivity contribution in [2.24, 2.45) is 4.99 Å². The smallest absolute Gasteiger partial charge is 0.271 e. The molecule has 2 aliphatic rings. The number of ether oxygens (including phenoxy) is 1. The summed E-state index contributed by atoms with van der Waals surface area (Å²) in [5.74, 6) is 0.776. The quantitative estimate of drug-likeness (QED) is 0.290. The SMILES string of the molecule is CCOc1ccc(/C=c2/sc3n(c2=O)[C@H](c2cccc([N+](=O)[O-])c2)C2=C(N=3)c3ccccc3CC2)cc1. The Labute approximate surface area is 216 Å². The van der Waals surface area contributed by atoms with Crippen LogP contribution in [0.5, 0.6) is 5.75 Å². The number of hydrogen-bond acceptors (Lipinski definition) is 6. The highest BCUT2D eigenvalue weighted by Gasteiger charge is 2.33. The standard InChI is InChI=1S/C29H23N3O4S/c1-2-36-22-13-10-18(11-14-22)16-25-28(33)31-27(20-7-5-8-21(17-20)32(34)35)24-15-12-19-6-3-4-9-23(19)26(24)30-29(31)37-25/h3-11,13-14,16-17,27H,2,12,15H2,1H3/b25-16+/t27-/m1/s1. The van der Waals surface area contributed by atoms with E-state index in [9.17, 15) is 14.9 Å². The zero-order valence-corrected chi connectivity index (χ0v) is 20.9. The molecule has 0 saturated heterocycles. The van der Waals surface area contributed by atoms with E-state index in [4.69, 9.17) is 9.73 Å². The van der Waals surface area contributed by atoms with Crippen molar-refractivity contribution in [2.75, 3.05) is 6.61 Å². The highest BCUT2D eigenvalue weighted by atomic mass is 32.1. The molecule has 2 heterocycles. The Morgan fingerprint density at radius 3 is 2.70 bits per heavy atom. The fourth-order valence-electron chi connectivity index (χ4n) is 5.11. The van der Waals surface area contributed by atoms with Gasteiger partial charge in [0.15, 0.2) is 4.80 Å². The summed E-state index contributed by atoms with van der Waals surface area (Å²) in [6.07, 6.45) is 3.42. The molecule has 0 radical (unpaired) electrons.